The first kappa shape index (κ1) is 18.9. The van der Waals surface area contributed by atoms with Crippen LogP contribution in [0.2, 0.25) is 0 Å². The monoisotopic (exact) mass is 406 g/mol. The molecule has 0 aliphatic rings. The fourth-order valence-corrected chi connectivity index (χ4v) is 3.84. The van der Waals surface area contributed by atoms with Gasteiger partial charge >= 0.3 is 6.18 Å². The maximum atomic E-state index is 12.9. The Hall–Kier alpha value is -3.43. The molecule has 0 atom stereocenters. The van der Waals surface area contributed by atoms with E-state index in [1.165, 1.54) is 17.4 Å². The highest BCUT2D eigenvalue weighted by Crippen LogP contribution is 2.34. The standard InChI is InChI=1S/C23H13F3N2S/c24-23(25,26)19-10-11-21-20(13-19)28-22(29-21)18(14-27)12-15-6-8-17(9-7-15)16-4-2-1-3-5-16/h1-13H. The van der Waals surface area contributed by atoms with Crippen LogP contribution in [0.5, 0.6) is 0 Å². The van der Waals surface area contributed by atoms with E-state index in [1.54, 1.807) is 6.08 Å². The van der Waals surface area contributed by atoms with Gasteiger partial charge in [-0.25, -0.2) is 4.98 Å². The molecule has 1 aromatic heterocycles. The van der Waals surface area contributed by atoms with Crippen LogP contribution in [-0.4, -0.2) is 4.98 Å². The van der Waals surface area contributed by atoms with Crippen molar-refractivity contribution in [1.29, 1.82) is 5.26 Å². The van der Waals surface area contributed by atoms with Crippen LogP contribution in [0.15, 0.2) is 72.8 Å². The van der Waals surface area contributed by atoms with Crippen LogP contribution >= 0.6 is 11.3 Å². The van der Waals surface area contributed by atoms with Crippen LogP contribution in [0.1, 0.15) is 16.1 Å². The molecule has 0 radical (unpaired) electrons. The summed E-state index contributed by atoms with van der Waals surface area (Å²) in [5.74, 6) is 0. The smallest absolute Gasteiger partial charge is 0.235 e. The third-order valence-corrected chi connectivity index (χ3v) is 5.46. The maximum Gasteiger partial charge on any atom is 0.416 e. The van der Waals surface area contributed by atoms with Gasteiger partial charge in [-0.2, -0.15) is 18.4 Å². The molecule has 2 nitrogen and oxygen atoms in total. The van der Waals surface area contributed by atoms with Crippen LogP contribution < -0.4 is 0 Å². The molecule has 6 heteroatoms. The molecule has 0 aliphatic carbocycles. The number of halogens is 3. The van der Waals surface area contributed by atoms with Crippen LogP contribution in [0.4, 0.5) is 13.2 Å². The minimum Gasteiger partial charge on any atom is -0.235 e. The van der Waals surface area contributed by atoms with E-state index in [4.69, 9.17) is 0 Å². The summed E-state index contributed by atoms with van der Waals surface area (Å²) in [6.45, 7) is 0. The van der Waals surface area contributed by atoms with Crippen LogP contribution in [0.25, 0.3) is 33.0 Å². The number of benzene rings is 3. The molecule has 0 bridgehead atoms. The van der Waals surface area contributed by atoms with E-state index in [1.807, 2.05) is 54.6 Å². The summed E-state index contributed by atoms with van der Waals surface area (Å²) in [7, 11) is 0. The van der Waals surface area contributed by atoms with E-state index >= 15 is 0 Å². The molecule has 0 unspecified atom stereocenters. The van der Waals surface area contributed by atoms with Crippen LogP contribution in [-0.2, 0) is 6.18 Å². The molecule has 0 saturated heterocycles. The Morgan fingerprint density at radius 3 is 2.28 bits per heavy atom. The zero-order valence-electron chi connectivity index (χ0n) is 14.9. The Labute approximate surface area is 169 Å². The van der Waals surface area contributed by atoms with Crippen molar-refractivity contribution in [2.75, 3.05) is 0 Å². The van der Waals surface area contributed by atoms with Gasteiger partial charge in [0.05, 0.1) is 21.4 Å². The van der Waals surface area contributed by atoms with E-state index < -0.39 is 11.7 Å². The lowest BCUT2D eigenvalue weighted by atomic mass is 10.0. The number of fused-ring (bicyclic) bond motifs is 1. The van der Waals surface area contributed by atoms with Gasteiger partial charge in [-0.15, -0.1) is 11.3 Å². The minimum absolute atomic E-state index is 0.236. The topological polar surface area (TPSA) is 36.7 Å². The molecule has 0 spiro atoms. The van der Waals surface area contributed by atoms with E-state index in [9.17, 15) is 18.4 Å². The Balaban J connectivity index is 1.66. The second-order valence-corrected chi connectivity index (χ2v) is 7.39. The number of rotatable bonds is 3. The van der Waals surface area contributed by atoms with Crippen molar-refractivity contribution in [2.45, 2.75) is 6.18 Å². The number of allylic oxidation sites excluding steroid dienone is 1. The van der Waals surface area contributed by atoms with E-state index in [-0.39, 0.29) is 5.52 Å². The fraction of sp³-hybridized carbons (Fsp3) is 0.0435. The lowest BCUT2D eigenvalue weighted by Crippen LogP contribution is -2.03. The largest absolute Gasteiger partial charge is 0.416 e. The van der Waals surface area contributed by atoms with Crippen molar-refractivity contribution in [3.63, 3.8) is 0 Å². The number of nitriles is 1. The molecular weight excluding hydrogens is 393 g/mol. The van der Waals surface area contributed by atoms with Gasteiger partial charge in [0.2, 0.25) is 0 Å². The van der Waals surface area contributed by atoms with Gasteiger partial charge in [0.1, 0.15) is 11.1 Å². The first-order valence-electron chi connectivity index (χ1n) is 8.69. The predicted molar refractivity (Wildman–Crippen MR) is 110 cm³/mol. The van der Waals surface area contributed by atoms with E-state index in [2.05, 4.69) is 11.1 Å². The molecular formula is C23H13F3N2S. The highest BCUT2D eigenvalue weighted by Gasteiger charge is 2.30. The number of hydrogen-bond acceptors (Lipinski definition) is 3. The number of thiazole rings is 1. The van der Waals surface area contributed by atoms with Crippen molar-refractivity contribution in [2.24, 2.45) is 0 Å². The third-order valence-electron chi connectivity index (χ3n) is 4.39. The van der Waals surface area contributed by atoms with Crippen molar-refractivity contribution in [3.8, 4) is 17.2 Å². The summed E-state index contributed by atoms with van der Waals surface area (Å²) in [5, 5.41) is 9.95. The molecule has 4 aromatic rings. The quantitative estimate of drug-likeness (QED) is 0.342. The number of nitrogens with zero attached hydrogens (tertiary/aromatic N) is 2. The van der Waals surface area contributed by atoms with Crippen molar-refractivity contribution in [1.82, 2.24) is 4.98 Å². The summed E-state index contributed by atoms with van der Waals surface area (Å²) >= 11 is 1.20. The summed E-state index contributed by atoms with van der Waals surface area (Å²) in [5.41, 5.74) is 2.76. The SMILES string of the molecule is N#CC(=Cc1ccc(-c2ccccc2)cc1)c1nc2cc(C(F)(F)F)ccc2s1. The molecule has 0 saturated carbocycles. The fourth-order valence-electron chi connectivity index (χ4n) is 2.93. The highest BCUT2D eigenvalue weighted by atomic mass is 32.1. The van der Waals surface area contributed by atoms with Gasteiger partial charge in [-0.3, -0.25) is 0 Å². The number of aromatic nitrogens is 1. The van der Waals surface area contributed by atoms with Gasteiger partial charge in [-0.1, -0.05) is 54.6 Å². The molecule has 0 amide bonds. The number of alkyl halides is 3. The van der Waals surface area contributed by atoms with E-state index in [0.29, 0.717) is 15.3 Å². The molecule has 0 aliphatic heterocycles. The second-order valence-electron chi connectivity index (χ2n) is 6.36. The Bertz CT molecular complexity index is 1230. The highest BCUT2D eigenvalue weighted by molar-refractivity contribution is 7.19. The average molecular weight is 406 g/mol. The molecule has 3 aromatic carbocycles. The second kappa shape index (κ2) is 7.53. The summed E-state index contributed by atoms with van der Waals surface area (Å²) in [6.07, 6.45) is -2.73. The van der Waals surface area contributed by atoms with Gasteiger partial charge in [0.15, 0.2) is 0 Å². The molecule has 142 valence electrons. The normalized spacial score (nSPS) is 12.1. The molecule has 1 heterocycles. The van der Waals surface area contributed by atoms with Crippen molar-refractivity contribution >= 4 is 33.2 Å². The van der Waals surface area contributed by atoms with Gasteiger partial charge in [0, 0.05) is 0 Å². The average Bonchev–Trinajstić information content (AvgIpc) is 3.15. The molecule has 0 N–H and O–H groups in total. The zero-order valence-corrected chi connectivity index (χ0v) is 15.8. The van der Waals surface area contributed by atoms with Gasteiger partial charge in [0.25, 0.3) is 0 Å². The Morgan fingerprint density at radius 2 is 1.62 bits per heavy atom. The zero-order chi connectivity index (χ0) is 20.4. The predicted octanol–water partition coefficient (Wildman–Crippen LogP) is 7.05. The first-order chi connectivity index (χ1) is 13.9. The summed E-state index contributed by atoms with van der Waals surface area (Å²) in [6, 6.07) is 23.2. The summed E-state index contributed by atoms with van der Waals surface area (Å²) in [4.78, 5) is 4.25. The Kier molecular flexibility index (Phi) is 4.91. The minimum atomic E-state index is -4.42. The molecule has 4 rings (SSSR count). The Morgan fingerprint density at radius 1 is 0.931 bits per heavy atom. The lowest BCUT2D eigenvalue weighted by molar-refractivity contribution is -0.137. The van der Waals surface area contributed by atoms with Crippen LogP contribution in [0, 0.1) is 11.3 Å². The van der Waals surface area contributed by atoms with Gasteiger partial charge < -0.3 is 0 Å². The summed E-state index contributed by atoms with van der Waals surface area (Å²) < 4.78 is 39.3. The molecule has 29 heavy (non-hydrogen) atoms. The molecule has 0 fully saturated rings. The maximum absolute atomic E-state index is 12.9. The lowest BCUT2D eigenvalue weighted by Gasteiger charge is -2.04. The van der Waals surface area contributed by atoms with Crippen molar-refractivity contribution in [3.05, 3.63) is 88.9 Å². The van der Waals surface area contributed by atoms with E-state index in [0.717, 1.165) is 28.8 Å². The van der Waals surface area contributed by atoms with Crippen molar-refractivity contribution < 1.29 is 13.2 Å². The third kappa shape index (κ3) is 4.05. The van der Waals surface area contributed by atoms with Crippen LogP contribution in [0.3, 0.4) is 0 Å². The first-order valence-corrected chi connectivity index (χ1v) is 9.51. The van der Waals surface area contributed by atoms with Gasteiger partial charge in [-0.05, 0) is 41.0 Å². The number of hydrogen-bond donors (Lipinski definition) is 0.